The van der Waals surface area contributed by atoms with E-state index < -0.39 is 6.04 Å². The van der Waals surface area contributed by atoms with E-state index in [4.69, 9.17) is 14.2 Å². The monoisotopic (exact) mass is 466 g/mol. The van der Waals surface area contributed by atoms with E-state index in [1.165, 1.54) is 18.4 Å². The third-order valence-corrected chi connectivity index (χ3v) is 6.76. The minimum Gasteiger partial charge on any atom is -0.493 e. The first-order valence-electron chi connectivity index (χ1n) is 10.6. The molecule has 1 aromatic heterocycles. The highest BCUT2D eigenvalue weighted by Crippen LogP contribution is 2.40. The minimum atomic E-state index is -0.488. The van der Waals surface area contributed by atoms with Crippen LogP contribution in [0.1, 0.15) is 39.6 Å². The SMILES string of the molecule is COC(=O)CC1c2cc(OC)c(OC)cc2CCN1C(=O)c1csc(-c2ccc(C)cc2)n1. The molecule has 0 saturated heterocycles. The van der Waals surface area contributed by atoms with Gasteiger partial charge in [0.15, 0.2) is 11.5 Å². The number of amides is 1. The molecule has 7 nitrogen and oxygen atoms in total. The van der Waals surface area contributed by atoms with Gasteiger partial charge in [-0.25, -0.2) is 4.98 Å². The molecule has 2 aromatic carbocycles. The maximum Gasteiger partial charge on any atom is 0.307 e. The summed E-state index contributed by atoms with van der Waals surface area (Å²) >= 11 is 1.43. The highest BCUT2D eigenvalue weighted by molar-refractivity contribution is 7.13. The van der Waals surface area contributed by atoms with Gasteiger partial charge < -0.3 is 19.1 Å². The number of ether oxygens (including phenoxy) is 3. The van der Waals surface area contributed by atoms with Crippen LogP contribution in [0.4, 0.5) is 0 Å². The Morgan fingerprint density at radius 3 is 2.45 bits per heavy atom. The summed E-state index contributed by atoms with van der Waals surface area (Å²) in [5.41, 5.74) is 4.37. The molecule has 2 heterocycles. The van der Waals surface area contributed by atoms with Crippen LogP contribution in [0.5, 0.6) is 11.5 Å². The van der Waals surface area contributed by atoms with Gasteiger partial charge in [-0.1, -0.05) is 29.8 Å². The van der Waals surface area contributed by atoms with E-state index in [0.717, 1.165) is 27.3 Å². The number of esters is 1. The van der Waals surface area contributed by atoms with Crippen LogP contribution in [0.25, 0.3) is 10.6 Å². The predicted molar refractivity (Wildman–Crippen MR) is 126 cm³/mol. The Bertz CT molecular complexity index is 1170. The molecule has 8 heteroatoms. The lowest BCUT2D eigenvalue weighted by Gasteiger charge is -2.37. The summed E-state index contributed by atoms with van der Waals surface area (Å²) < 4.78 is 15.8. The number of benzene rings is 2. The molecule has 0 bridgehead atoms. The zero-order valence-electron chi connectivity index (χ0n) is 19.1. The Hall–Kier alpha value is -3.39. The number of methoxy groups -OCH3 is 3. The molecule has 172 valence electrons. The average Bonchev–Trinajstić information content (AvgIpc) is 3.33. The number of thiazole rings is 1. The molecule has 3 aromatic rings. The standard InChI is InChI=1S/C25H26N2O5S/c1-15-5-7-16(8-6-15)24-26-19(14-33-24)25(29)27-10-9-17-11-21(30-2)22(31-3)12-18(17)20(27)13-23(28)32-4/h5-8,11-12,14,20H,9-10,13H2,1-4H3. The maximum absolute atomic E-state index is 13.5. The smallest absolute Gasteiger partial charge is 0.307 e. The quantitative estimate of drug-likeness (QED) is 0.500. The Labute approximate surface area is 196 Å². The summed E-state index contributed by atoms with van der Waals surface area (Å²) in [5.74, 6) is 0.573. The second-order valence-electron chi connectivity index (χ2n) is 7.85. The van der Waals surface area contributed by atoms with Gasteiger partial charge in [0.05, 0.1) is 33.8 Å². The van der Waals surface area contributed by atoms with Crippen molar-refractivity contribution in [1.82, 2.24) is 9.88 Å². The zero-order valence-corrected chi connectivity index (χ0v) is 19.9. The van der Waals surface area contributed by atoms with Crippen LogP contribution in [0, 0.1) is 6.92 Å². The van der Waals surface area contributed by atoms with Gasteiger partial charge in [0.1, 0.15) is 10.7 Å². The molecule has 1 aliphatic rings. The van der Waals surface area contributed by atoms with Crippen molar-refractivity contribution in [3.05, 3.63) is 64.2 Å². The van der Waals surface area contributed by atoms with Crippen LogP contribution in [0.15, 0.2) is 41.8 Å². The Morgan fingerprint density at radius 1 is 1.09 bits per heavy atom. The molecule has 0 radical (unpaired) electrons. The number of hydrogen-bond acceptors (Lipinski definition) is 7. The fraction of sp³-hybridized carbons (Fsp3) is 0.320. The number of nitrogens with zero attached hydrogens (tertiary/aromatic N) is 2. The lowest BCUT2D eigenvalue weighted by molar-refractivity contribution is -0.141. The summed E-state index contributed by atoms with van der Waals surface area (Å²) in [7, 11) is 4.50. The van der Waals surface area contributed by atoms with Gasteiger partial charge in [-0.2, -0.15) is 0 Å². The summed E-state index contributed by atoms with van der Waals surface area (Å²) in [6.07, 6.45) is 0.674. The van der Waals surface area contributed by atoms with Crippen molar-refractivity contribution in [3.63, 3.8) is 0 Å². The van der Waals surface area contributed by atoms with Gasteiger partial charge in [0.2, 0.25) is 0 Å². The first-order chi connectivity index (χ1) is 15.9. The molecule has 1 atom stereocenters. The third kappa shape index (κ3) is 4.57. The van der Waals surface area contributed by atoms with Gasteiger partial charge in [-0.05, 0) is 36.6 Å². The summed E-state index contributed by atoms with van der Waals surface area (Å²) in [6.45, 7) is 2.49. The van der Waals surface area contributed by atoms with Crippen molar-refractivity contribution in [3.8, 4) is 22.1 Å². The molecule has 0 spiro atoms. The molecular formula is C25H26N2O5S. The molecule has 1 unspecified atom stereocenters. The minimum absolute atomic E-state index is 0.0413. The molecule has 4 rings (SSSR count). The molecule has 0 saturated carbocycles. The number of rotatable bonds is 6. The van der Waals surface area contributed by atoms with E-state index in [1.807, 2.05) is 43.3 Å². The fourth-order valence-electron chi connectivity index (χ4n) is 4.08. The molecule has 0 aliphatic carbocycles. The van der Waals surface area contributed by atoms with Gasteiger partial charge in [-0.15, -0.1) is 11.3 Å². The van der Waals surface area contributed by atoms with E-state index in [2.05, 4.69) is 4.98 Å². The van der Waals surface area contributed by atoms with Crippen LogP contribution in [-0.2, 0) is 16.0 Å². The Balaban J connectivity index is 1.68. The molecular weight excluding hydrogens is 440 g/mol. The van der Waals surface area contributed by atoms with E-state index in [1.54, 1.807) is 24.5 Å². The lowest BCUT2D eigenvalue weighted by Crippen LogP contribution is -2.41. The molecule has 1 aliphatic heterocycles. The van der Waals surface area contributed by atoms with Gasteiger partial charge >= 0.3 is 5.97 Å². The third-order valence-electron chi connectivity index (χ3n) is 5.87. The fourth-order valence-corrected chi connectivity index (χ4v) is 4.88. The van der Waals surface area contributed by atoms with Crippen LogP contribution < -0.4 is 9.47 Å². The number of carbonyl (C=O) groups is 2. The summed E-state index contributed by atoms with van der Waals surface area (Å²) in [5, 5.41) is 2.56. The van der Waals surface area contributed by atoms with Crippen molar-refractivity contribution in [1.29, 1.82) is 0 Å². The zero-order chi connectivity index (χ0) is 23.5. The topological polar surface area (TPSA) is 78.0 Å². The first kappa shape index (κ1) is 22.8. The van der Waals surface area contributed by atoms with E-state index in [-0.39, 0.29) is 18.3 Å². The van der Waals surface area contributed by atoms with E-state index >= 15 is 0 Å². The molecule has 0 fully saturated rings. The highest BCUT2D eigenvalue weighted by atomic mass is 32.1. The Kier molecular flexibility index (Phi) is 6.65. The molecule has 0 N–H and O–H groups in total. The van der Waals surface area contributed by atoms with Crippen molar-refractivity contribution in [2.45, 2.75) is 25.8 Å². The van der Waals surface area contributed by atoms with Crippen molar-refractivity contribution < 1.29 is 23.8 Å². The largest absolute Gasteiger partial charge is 0.493 e. The second-order valence-corrected chi connectivity index (χ2v) is 8.71. The first-order valence-corrected chi connectivity index (χ1v) is 11.5. The molecule has 33 heavy (non-hydrogen) atoms. The van der Waals surface area contributed by atoms with Crippen LogP contribution in [0.3, 0.4) is 0 Å². The maximum atomic E-state index is 13.5. The molecule has 1 amide bonds. The van der Waals surface area contributed by atoms with Crippen molar-refractivity contribution >= 4 is 23.2 Å². The highest BCUT2D eigenvalue weighted by Gasteiger charge is 2.35. The van der Waals surface area contributed by atoms with E-state index in [0.29, 0.717) is 30.2 Å². The number of aromatic nitrogens is 1. The van der Waals surface area contributed by atoms with Crippen molar-refractivity contribution in [2.75, 3.05) is 27.9 Å². The summed E-state index contributed by atoms with van der Waals surface area (Å²) in [6, 6.07) is 11.3. The number of carbonyl (C=O) groups excluding carboxylic acids is 2. The van der Waals surface area contributed by atoms with Crippen molar-refractivity contribution in [2.24, 2.45) is 0 Å². The normalized spacial score (nSPS) is 15.0. The van der Waals surface area contributed by atoms with Gasteiger partial charge in [0, 0.05) is 17.5 Å². The summed E-state index contributed by atoms with van der Waals surface area (Å²) in [4.78, 5) is 32.1. The number of aryl methyl sites for hydroxylation is 1. The predicted octanol–water partition coefficient (Wildman–Crippen LogP) is 4.44. The number of hydrogen-bond donors (Lipinski definition) is 0. The second kappa shape index (κ2) is 9.62. The number of fused-ring (bicyclic) bond motifs is 1. The van der Waals surface area contributed by atoms with Crippen LogP contribution >= 0.6 is 11.3 Å². The van der Waals surface area contributed by atoms with E-state index in [9.17, 15) is 9.59 Å². The van der Waals surface area contributed by atoms with Crippen LogP contribution in [-0.4, -0.2) is 49.6 Å². The van der Waals surface area contributed by atoms with Gasteiger partial charge in [0.25, 0.3) is 5.91 Å². The lowest BCUT2D eigenvalue weighted by atomic mass is 9.89. The average molecular weight is 467 g/mol. The Morgan fingerprint density at radius 2 is 1.79 bits per heavy atom. The van der Waals surface area contributed by atoms with Gasteiger partial charge in [-0.3, -0.25) is 9.59 Å². The van der Waals surface area contributed by atoms with Crippen LogP contribution in [0.2, 0.25) is 0 Å².